The first-order chi connectivity index (χ1) is 5.06. The van der Waals surface area contributed by atoms with E-state index in [-0.39, 0.29) is 13.0 Å². The van der Waals surface area contributed by atoms with E-state index < -0.39 is 12.8 Å². The molecule has 11 heavy (non-hydrogen) atoms. The third kappa shape index (κ3) is 9.42. The number of rotatable bonds is 5. The molecule has 0 aromatic heterocycles. The number of unbranched alkanes of at least 4 members (excludes halogenated alkanes) is 1. The normalized spacial score (nSPS) is 11.5. The van der Waals surface area contributed by atoms with Gasteiger partial charge in [-0.25, -0.2) is 0 Å². The summed E-state index contributed by atoms with van der Waals surface area (Å²) in [6.07, 6.45) is -3.02. The van der Waals surface area contributed by atoms with Crippen molar-refractivity contribution in [3.8, 4) is 0 Å². The second-order valence-corrected chi connectivity index (χ2v) is 1.98. The van der Waals surface area contributed by atoms with Crippen molar-refractivity contribution in [1.82, 2.24) is 0 Å². The predicted octanol–water partition coefficient (Wildman–Crippen LogP) is 1.54. The highest BCUT2D eigenvalue weighted by Crippen LogP contribution is 2.14. The van der Waals surface area contributed by atoms with E-state index in [9.17, 15) is 18.0 Å². The Kier molecular flexibility index (Phi) is 4.85. The molecule has 0 aromatic carbocycles. The lowest BCUT2D eigenvalue weighted by molar-refractivity contribution is -0.174. The van der Waals surface area contributed by atoms with Crippen LogP contribution in [-0.4, -0.2) is 25.7 Å². The fraction of sp³-hybridized carbons (Fsp3) is 0.833. The van der Waals surface area contributed by atoms with E-state index in [0.717, 1.165) is 0 Å². The van der Waals surface area contributed by atoms with Crippen molar-refractivity contribution in [2.75, 3.05) is 13.2 Å². The van der Waals surface area contributed by atoms with Crippen LogP contribution in [-0.2, 0) is 9.53 Å². The Morgan fingerprint density at radius 3 is 2.45 bits per heavy atom. The van der Waals surface area contributed by atoms with E-state index in [1.54, 1.807) is 0 Å². The number of carbonyl (C=O) groups is 1. The number of carbonyl (C=O) groups excluding carboxylic acids is 1. The minimum absolute atomic E-state index is 0.0156. The molecular weight excluding hydrogens is 161 g/mol. The van der Waals surface area contributed by atoms with Gasteiger partial charge in [-0.1, -0.05) is 0 Å². The Balaban J connectivity index is 3.08. The van der Waals surface area contributed by atoms with Crippen LogP contribution in [0.4, 0.5) is 13.2 Å². The fourth-order valence-corrected chi connectivity index (χ4v) is 0.457. The summed E-state index contributed by atoms with van der Waals surface area (Å²) in [4.78, 5) is 9.69. The largest absolute Gasteiger partial charge is 0.411 e. The van der Waals surface area contributed by atoms with Crippen molar-refractivity contribution in [2.45, 2.75) is 19.0 Å². The monoisotopic (exact) mass is 170 g/mol. The molecule has 0 aromatic rings. The molecule has 0 aliphatic heterocycles. The van der Waals surface area contributed by atoms with Crippen LogP contribution in [0.3, 0.4) is 0 Å². The van der Waals surface area contributed by atoms with Crippen LogP contribution in [0.25, 0.3) is 0 Å². The highest BCUT2D eigenvalue weighted by atomic mass is 19.4. The second kappa shape index (κ2) is 5.12. The number of ether oxygens (including phenoxy) is 1. The van der Waals surface area contributed by atoms with Gasteiger partial charge in [0.25, 0.3) is 0 Å². The molecule has 0 spiro atoms. The molecule has 0 amide bonds. The molecule has 0 bridgehead atoms. The minimum atomic E-state index is -4.26. The molecular formula is C6H9F3O2. The SMILES string of the molecule is O=CCCCOCC(F)(F)F. The number of halogens is 3. The maximum atomic E-state index is 11.4. The summed E-state index contributed by atoms with van der Waals surface area (Å²) in [6.45, 7) is -1.25. The maximum absolute atomic E-state index is 11.4. The molecule has 5 heteroatoms. The molecule has 0 N–H and O–H groups in total. The Bertz CT molecular complexity index is 111. The van der Waals surface area contributed by atoms with Gasteiger partial charge in [-0.15, -0.1) is 0 Å². The Hall–Kier alpha value is -0.580. The molecule has 0 saturated carbocycles. The first-order valence-corrected chi connectivity index (χ1v) is 3.14. The molecule has 0 fully saturated rings. The summed E-state index contributed by atoms with van der Waals surface area (Å²) in [6, 6.07) is 0. The third-order valence-electron chi connectivity index (χ3n) is 0.876. The van der Waals surface area contributed by atoms with Gasteiger partial charge in [-0.2, -0.15) is 13.2 Å². The molecule has 66 valence electrons. The van der Waals surface area contributed by atoms with Gasteiger partial charge < -0.3 is 9.53 Å². The second-order valence-electron chi connectivity index (χ2n) is 1.98. The number of aldehydes is 1. The van der Waals surface area contributed by atoms with Crippen molar-refractivity contribution in [1.29, 1.82) is 0 Å². The smallest absolute Gasteiger partial charge is 0.372 e. The average molecular weight is 170 g/mol. The van der Waals surface area contributed by atoms with Crippen LogP contribution in [0.15, 0.2) is 0 Å². The van der Waals surface area contributed by atoms with Gasteiger partial charge in [0.05, 0.1) is 0 Å². The molecule has 0 unspecified atom stereocenters. The molecule has 0 aliphatic rings. The summed E-state index contributed by atoms with van der Waals surface area (Å²) < 4.78 is 38.3. The van der Waals surface area contributed by atoms with Gasteiger partial charge in [0, 0.05) is 13.0 Å². The number of hydrogen-bond acceptors (Lipinski definition) is 2. The van der Waals surface area contributed by atoms with Crippen LogP contribution < -0.4 is 0 Å². The number of hydrogen-bond donors (Lipinski definition) is 0. The van der Waals surface area contributed by atoms with Gasteiger partial charge >= 0.3 is 6.18 Å². The summed E-state index contributed by atoms with van der Waals surface area (Å²) in [5.74, 6) is 0. The van der Waals surface area contributed by atoms with E-state index in [0.29, 0.717) is 12.7 Å². The fourth-order valence-electron chi connectivity index (χ4n) is 0.457. The highest BCUT2D eigenvalue weighted by Gasteiger charge is 2.26. The topological polar surface area (TPSA) is 26.3 Å². The van der Waals surface area contributed by atoms with Crippen LogP contribution in [0, 0.1) is 0 Å². The van der Waals surface area contributed by atoms with Crippen molar-refractivity contribution in [3.63, 3.8) is 0 Å². The first-order valence-electron chi connectivity index (χ1n) is 3.14. The number of alkyl halides is 3. The molecule has 0 rings (SSSR count). The predicted molar refractivity (Wildman–Crippen MR) is 32.2 cm³/mol. The van der Waals surface area contributed by atoms with Crippen LogP contribution in [0.2, 0.25) is 0 Å². The quantitative estimate of drug-likeness (QED) is 0.462. The van der Waals surface area contributed by atoms with Gasteiger partial charge in [0.15, 0.2) is 0 Å². The van der Waals surface area contributed by atoms with E-state index in [2.05, 4.69) is 4.74 Å². The lowest BCUT2D eigenvalue weighted by Crippen LogP contribution is -2.17. The summed E-state index contributed by atoms with van der Waals surface area (Å²) in [5, 5.41) is 0. The molecule has 0 atom stereocenters. The first kappa shape index (κ1) is 10.4. The molecule has 0 radical (unpaired) electrons. The molecule has 0 saturated heterocycles. The highest BCUT2D eigenvalue weighted by molar-refractivity contribution is 5.48. The van der Waals surface area contributed by atoms with Gasteiger partial charge in [0.2, 0.25) is 0 Å². The van der Waals surface area contributed by atoms with Crippen LogP contribution in [0.1, 0.15) is 12.8 Å². The standard InChI is InChI=1S/C6H9F3O2/c7-6(8,9)5-11-4-2-1-3-10/h3H,1-2,4-5H2. The zero-order chi connectivity index (χ0) is 8.74. The zero-order valence-electron chi connectivity index (χ0n) is 5.86. The Morgan fingerprint density at radius 1 is 1.36 bits per heavy atom. The maximum Gasteiger partial charge on any atom is 0.411 e. The average Bonchev–Trinajstić information content (AvgIpc) is 1.85. The van der Waals surface area contributed by atoms with E-state index in [1.807, 2.05) is 0 Å². The van der Waals surface area contributed by atoms with Crippen LogP contribution >= 0.6 is 0 Å². The summed E-state index contributed by atoms with van der Waals surface area (Å²) in [7, 11) is 0. The zero-order valence-corrected chi connectivity index (χ0v) is 5.86. The van der Waals surface area contributed by atoms with Gasteiger partial charge in [-0.3, -0.25) is 0 Å². The van der Waals surface area contributed by atoms with E-state index >= 15 is 0 Å². The van der Waals surface area contributed by atoms with E-state index in [4.69, 9.17) is 0 Å². The van der Waals surface area contributed by atoms with Gasteiger partial charge in [0.1, 0.15) is 12.9 Å². The molecule has 0 aliphatic carbocycles. The minimum Gasteiger partial charge on any atom is -0.372 e. The van der Waals surface area contributed by atoms with E-state index in [1.165, 1.54) is 0 Å². The van der Waals surface area contributed by atoms with Crippen LogP contribution in [0.5, 0.6) is 0 Å². The lowest BCUT2D eigenvalue weighted by atomic mass is 10.3. The Labute approximate surface area is 62.3 Å². The van der Waals surface area contributed by atoms with Crippen molar-refractivity contribution in [3.05, 3.63) is 0 Å². The van der Waals surface area contributed by atoms with Crippen molar-refractivity contribution in [2.24, 2.45) is 0 Å². The van der Waals surface area contributed by atoms with Crippen molar-refractivity contribution >= 4 is 6.29 Å². The van der Waals surface area contributed by atoms with Crippen molar-refractivity contribution < 1.29 is 22.7 Å². The van der Waals surface area contributed by atoms with Gasteiger partial charge in [-0.05, 0) is 6.42 Å². The molecule has 2 nitrogen and oxygen atoms in total. The molecule has 0 heterocycles. The lowest BCUT2D eigenvalue weighted by Gasteiger charge is -2.05. The summed E-state index contributed by atoms with van der Waals surface area (Å²) >= 11 is 0. The summed E-state index contributed by atoms with van der Waals surface area (Å²) in [5.41, 5.74) is 0. The third-order valence-corrected chi connectivity index (χ3v) is 0.876. The Morgan fingerprint density at radius 2 is 2.00 bits per heavy atom.